The van der Waals surface area contributed by atoms with Crippen LogP contribution in [0, 0.1) is 0 Å². The molecule has 0 bridgehead atoms. The molecule has 1 fully saturated rings. The molecule has 0 unspecified atom stereocenters. The van der Waals surface area contributed by atoms with Gasteiger partial charge in [0.05, 0.1) is 29.4 Å². The van der Waals surface area contributed by atoms with Gasteiger partial charge >= 0.3 is 0 Å². The first-order chi connectivity index (χ1) is 11.4. The number of aliphatic hydroxyl groups excluding tert-OH is 1. The number of pyridine rings is 1. The zero-order valence-corrected chi connectivity index (χ0v) is 13.6. The second-order valence-corrected chi connectivity index (χ2v) is 5.56. The molecule has 9 nitrogen and oxygen atoms in total. The van der Waals surface area contributed by atoms with Gasteiger partial charge in [-0.25, -0.2) is 0 Å². The summed E-state index contributed by atoms with van der Waals surface area (Å²) in [5, 5.41) is 27.4. The van der Waals surface area contributed by atoms with Gasteiger partial charge in [-0.3, -0.25) is 19.3 Å². The normalized spacial score (nSPS) is 20.1. The highest BCUT2D eigenvalue weighted by Crippen LogP contribution is 2.12. The number of aromatic nitrogens is 3. The average molecular weight is 335 g/mol. The van der Waals surface area contributed by atoms with Crippen LogP contribution in [0.4, 0.5) is 0 Å². The molecule has 0 aromatic carbocycles. The summed E-state index contributed by atoms with van der Waals surface area (Å²) in [6, 6.07) is 1.49. The molecule has 1 saturated heterocycles. The zero-order valence-electron chi connectivity index (χ0n) is 13.6. The van der Waals surface area contributed by atoms with E-state index in [9.17, 15) is 9.90 Å². The number of hydrogen-bond acceptors (Lipinski definition) is 6. The Morgan fingerprint density at radius 2 is 2.12 bits per heavy atom. The highest BCUT2D eigenvalue weighted by atomic mass is 16.4. The number of nitrogens with zero attached hydrogens (tertiary/aromatic N) is 3. The number of carboxylic acid groups (broad SMARTS) is 1. The van der Waals surface area contributed by atoms with E-state index in [1.165, 1.54) is 6.20 Å². The molecule has 1 aliphatic heterocycles. The summed E-state index contributed by atoms with van der Waals surface area (Å²) in [6.45, 7) is 2.43. The second kappa shape index (κ2) is 7.84. The van der Waals surface area contributed by atoms with E-state index in [4.69, 9.17) is 9.90 Å². The summed E-state index contributed by atoms with van der Waals surface area (Å²) in [5.41, 5.74) is 2.03. The molecule has 0 aliphatic carbocycles. The van der Waals surface area contributed by atoms with Crippen molar-refractivity contribution in [1.29, 1.82) is 0 Å². The first kappa shape index (κ1) is 17.8. The molecule has 1 amide bonds. The van der Waals surface area contributed by atoms with Crippen LogP contribution in [-0.4, -0.2) is 62.1 Å². The van der Waals surface area contributed by atoms with Crippen molar-refractivity contribution >= 4 is 22.9 Å². The van der Waals surface area contributed by atoms with E-state index in [0.717, 1.165) is 24.5 Å². The van der Waals surface area contributed by atoms with Gasteiger partial charge in [-0.05, 0) is 19.0 Å². The maximum Gasteiger partial charge on any atom is 0.300 e. The number of hydrogen-bond donors (Lipinski definition) is 4. The van der Waals surface area contributed by atoms with Crippen LogP contribution in [0.3, 0.4) is 0 Å². The van der Waals surface area contributed by atoms with E-state index >= 15 is 0 Å². The van der Waals surface area contributed by atoms with Crippen LogP contribution in [0.25, 0.3) is 11.0 Å². The Kier molecular flexibility index (Phi) is 5.83. The van der Waals surface area contributed by atoms with Crippen LogP contribution in [0.5, 0.6) is 0 Å². The number of carbonyl (C=O) groups is 2. The summed E-state index contributed by atoms with van der Waals surface area (Å²) in [6.07, 6.45) is 3.33. The molecular formula is C15H21N5O4. The fourth-order valence-electron chi connectivity index (χ4n) is 2.39. The van der Waals surface area contributed by atoms with Crippen LogP contribution >= 0.6 is 0 Å². The third-order valence-electron chi connectivity index (χ3n) is 3.62. The number of aliphatic hydroxyl groups is 1. The van der Waals surface area contributed by atoms with Gasteiger partial charge in [-0.1, -0.05) is 0 Å². The molecule has 3 heterocycles. The molecule has 2 atom stereocenters. The largest absolute Gasteiger partial charge is 0.481 e. The summed E-state index contributed by atoms with van der Waals surface area (Å²) in [4.78, 5) is 25.4. The van der Waals surface area contributed by atoms with E-state index in [0.29, 0.717) is 18.5 Å². The lowest BCUT2D eigenvalue weighted by Gasteiger charge is -2.29. The summed E-state index contributed by atoms with van der Waals surface area (Å²) >= 11 is 0. The highest BCUT2D eigenvalue weighted by molar-refractivity contribution is 5.96. The third kappa shape index (κ3) is 4.49. The minimum absolute atomic E-state index is 0.228. The van der Waals surface area contributed by atoms with Gasteiger partial charge in [-0.15, -0.1) is 0 Å². The smallest absolute Gasteiger partial charge is 0.300 e. The van der Waals surface area contributed by atoms with E-state index in [1.807, 2.05) is 0 Å². The lowest BCUT2D eigenvalue weighted by molar-refractivity contribution is -0.134. The van der Waals surface area contributed by atoms with Crippen molar-refractivity contribution in [3.8, 4) is 0 Å². The summed E-state index contributed by atoms with van der Waals surface area (Å²) in [7, 11) is 1.81. The molecule has 9 heteroatoms. The first-order valence-electron chi connectivity index (χ1n) is 7.55. The Labute approximate surface area is 138 Å². The lowest BCUT2D eigenvalue weighted by Crippen LogP contribution is -2.53. The molecular weight excluding hydrogens is 314 g/mol. The van der Waals surface area contributed by atoms with Crippen molar-refractivity contribution in [3.05, 3.63) is 24.0 Å². The number of fused-ring (bicyclic) bond motifs is 1. The monoisotopic (exact) mass is 335 g/mol. The zero-order chi connectivity index (χ0) is 17.7. The molecule has 4 N–H and O–H groups in total. The van der Waals surface area contributed by atoms with Gasteiger partial charge in [0.2, 0.25) is 0 Å². The predicted molar refractivity (Wildman–Crippen MR) is 86.6 cm³/mol. The van der Waals surface area contributed by atoms with Gasteiger partial charge in [-0.2, -0.15) is 5.10 Å². The number of aryl methyl sites for hydroxylation is 1. The topological polar surface area (TPSA) is 129 Å². The maximum absolute atomic E-state index is 12.2. The standard InChI is InChI=1S/C13H17N5O2.C2H4O2/c1-18-11-4-8(5-15-9(11)7-16-18)13(20)17-10-6-14-3-2-12(10)19;1-2(3)4/h4-5,7,10,12,14,19H,2-3,6H2,1H3,(H,17,20);1H3,(H,3,4)/t10-,12-;/m1./s1. The van der Waals surface area contributed by atoms with Crippen molar-refractivity contribution in [3.63, 3.8) is 0 Å². The highest BCUT2D eigenvalue weighted by Gasteiger charge is 2.24. The number of aliphatic carboxylic acids is 1. The summed E-state index contributed by atoms with van der Waals surface area (Å²) in [5.74, 6) is -1.06. The Morgan fingerprint density at radius 3 is 2.79 bits per heavy atom. The van der Waals surface area contributed by atoms with Crippen molar-refractivity contribution in [2.75, 3.05) is 13.1 Å². The number of rotatable bonds is 2. The van der Waals surface area contributed by atoms with Crippen LogP contribution in [0.15, 0.2) is 18.5 Å². The van der Waals surface area contributed by atoms with Gasteiger partial charge in [0.15, 0.2) is 0 Å². The fourth-order valence-corrected chi connectivity index (χ4v) is 2.39. The predicted octanol–water partition coefficient (Wildman–Crippen LogP) is -0.488. The van der Waals surface area contributed by atoms with Gasteiger partial charge in [0.1, 0.15) is 5.52 Å². The minimum atomic E-state index is -0.833. The van der Waals surface area contributed by atoms with Gasteiger partial charge < -0.3 is 20.8 Å². The number of carboxylic acids is 1. The second-order valence-electron chi connectivity index (χ2n) is 5.56. The fraction of sp³-hybridized carbons (Fsp3) is 0.467. The molecule has 0 saturated carbocycles. The number of amides is 1. The molecule has 0 radical (unpaired) electrons. The Bertz CT molecular complexity index is 726. The van der Waals surface area contributed by atoms with E-state index in [1.54, 1.807) is 24.0 Å². The number of nitrogens with one attached hydrogen (secondary N) is 2. The van der Waals surface area contributed by atoms with Gasteiger partial charge in [0.25, 0.3) is 11.9 Å². The Hall–Kier alpha value is -2.52. The molecule has 0 spiro atoms. The average Bonchev–Trinajstić information content (AvgIpc) is 2.90. The van der Waals surface area contributed by atoms with Crippen LogP contribution < -0.4 is 10.6 Å². The quantitative estimate of drug-likeness (QED) is 0.583. The SMILES string of the molecule is CC(=O)O.Cn1ncc2ncc(C(=O)N[C@@H]3CNCC[C@H]3O)cc21. The Morgan fingerprint density at radius 1 is 1.42 bits per heavy atom. The molecule has 2 aromatic rings. The van der Waals surface area contributed by atoms with E-state index in [2.05, 4.69) is 20.7 Å². The van der Waals surface area contributed by atoms with Crippen LogP contribution in [0.1, 0.15) is 23.7 Å². The molecule has 24 heavy (non-hydrogen) atoms. The van der Waals surface area contributed by atoms with Crippen molar-refractivity contribution in [2.45, 2.75) is 25.5 Å². The van der Waals surface area contributed by atoms with Crippen molar-refractivity contribution in [1.82, 2.24) is 25.4 Å². The minimum Gasteiger partial charge on any atom is -0.481 e. The third-order valence-corrected chi connectivity index (χ3v) is 3.62. The Balaban J connectivity index is 0.000000471. The maximum atomic E-state index is 12.2. The molecule has 3 rings (SSSR count). The molecule has 130 valence electrons. The molecule has 2 aromatic heterocycles. The first-order valence-corrected chi connectivity index (χ1v) is 7.55. The van der Waals surface area contributed by atoms with Gasteiger partial charge in [0, 0.05) is 26.7 Å². The summed E-state index contributed by atoms with van der Waals surface area (Å²) < 4.78 is 1.68. The van der Waals surface area contributed by atoms with Crippen molar-refractivity contribution < 1.29 is 19.8 Å². The van der Waals surface area contributed by atoms with E-state index in [-0.39, 0.29) is 11.9 Å². The van der Waals surface area contributed by atoms with E-state index < -0.39 is 12.1 Å². The molecule has 1 aliphatic rings. The van der Waals surface area contributed by atoms with Crippen LogP contribution in [-0.2, 0) is 11.8 Å². The van der Waals surface area contributed by atoms with Crippen LogP contribution in [0.2, 0.25) is 0 Å². The number of carbonyl (C=O) groups excluding carboxylic acids is 1. The van der Waals surface area contributed by atoms with Crippen molar-refractivity contribution in [2.24, 2.45) is 7.05 Å². The lowest BCUT2D eigenvalue weighted by atomic mass is 10.0. The number of piperidine rings is 1.